The summed E-state index contributed by atoms with van der Waals surface area (Å²) in [6.07, 6.45) is 1.54. The fraction of sp³-hybridized carbons (Fsp3) is 0.0333. The minimum absolute atomic E-state index is 0.0492. The minimum atomic E-state index is -0.520. The van der Waals surface area contributed by atoms with Gasteiger partial charge in [0.1, 0.15) is 17.9 Å². The Hall–Kier alpha value is -3.97. The molecule has 0 bridgehead atoms. The highest BCUT2D eigenvalue weighted by molar-refractivity contribution is 7.81. The summed E-state index contributed by atoms with van der Waals surface area (Å²) in [5.41, 5.74) is 2.38. The second kappa shape index (κ2) is 11.2. The molecular weight excluding hydrogens is 539 g/mol. The van der Waals surface area contributed by atoms with Crippen molar-refractivity contribution in [1.29, 1.82) is 0 Å². The predicted molar refractivity (Wildman–Crippen MR) is 156 cm³/mol. The Balaban J connectivity index is 1.55. The molecule has 1 aliphatic heterocycles. The molecule has 188 valence electrons. The number of rotatable bonds is 6. The van der Waals surface area contributed by atoms with Gasteiger partial charge in [-0.3, -0.25) is 19.4 Å². The van der Waals surface area contributed by atoms with Crippen molar-refractivity contribution in [2.24, 2.45) is 0 Å². The van der Waals surface area contributed by atoms with E-state index in [0.29, 0.717) is 32.7 Å². The van der Waals surface area contributed by atoms with Crippen molar-refractivity contribution in [2.45, 2.75) is 6.61 Å². The molecule has 0 aromatic heterocycles. The van der Waals surface area contributed by atoms with Crippen LogP contribution in [0, 0.1) is 0 Å². The maximum absolute atomic E-state index is 13.7. The van der Waals surface area contributed by atoms with Crippen LogP contribution in [0.5, 0.6) is 5.75 Å². The molecule has 5 rings (SSSR count). The summed E-state index contributed by atoms with van der Waals surface area (Å²) >= 11 is 18.0. The highest BCUT2D eigenvalue weighted by atomic mass is 35.5. The number of ether oxygens (including phenoxy) is 1. The number of anilines is 2. The number of nitrogens with zero attached hydrogens (tertiary/aromatic N) is 2. The van der Waals surface area contributed by atoms with E-state index < -0.39 is 11.8 Å². The third-order valence-corrected chi connectivity index (χ3v) is 6.85. The molecule has 4 aromatic rings. The highest BCUT2D eigenvalue weighted by Gasteiger charge is 2.41. The molecule has 38 heavy (non-hydrogen) atoms. The van der Waals surface area contributed by atoms with Crippen molar-refractivity contribution < 1.29 is 14.3 Å². The van der Waals surface area contributed by atoms with Crippen LogP contribution in [0.1, 0.15) is 11.1 Å². The van der Waals surface area contributed by atoms with Gasteiger partial charge in [-0.1, -0.05) is 83.9 Å². The zero-order chi connectivity index (χ0) is 26.6. The second-order valence-corrected chi connectivity index (χ2v) is 9.56. The number of para-hydroxylation sites is 3. The monoisotopic (exact) mass is 558 g/mol. The number of amides is 2. The molecule has 0 spiro atoms. The lowest BCUT2D eigenvalue weighted by atomic mass is 10.0. The van der Waals surface area contributed by atoms with Gasteiger partial charge in [0.15, 0.2) is 5.11 Å². The van der Waals surface area contributed by atoms with Crippen molar-refractivity contribution in [3.63, 3.8) is 0 Å². The first-order valence-corrected chi connectivity index (χ1v) is 12.8. The summed E-state index contributed by atoms with van der Waals surface area (Å²) in [6.45, 7) is 0.175. The van der Waals surface area contributed by atoms with Crippen LogP contribution in [-0.4, -0.2) is 16.9 Å². The lowest BCUT2D eigenvalue weighted by Gasteiger charge is -2.36. The molecule has 1 fully saturated rings. The average molecular weight is 559 g/mol. The molecule has 5 nitrogen and oxygen atoms in total. The third kappa shape index (κ3) is 5.20. The largest absolute Gasteiger partial charge is 0.488 e. The Labute approximate surface area is 235 Å². The molecule has 0 N–H and O–H groups in total. The number of carbonyl (C=O) groups is 2. The molecule has 0 unspecified atom stereocenters. The van der Waals surface area contributed by atoms with Crippen LogP contribution in [-0.2, 0) is 16.2 Å². The van der Waals surface area contributed by atoms with E-state index in [0.717, 1.165) is 5.56 Å². The Kier molecular flexibility index (Phi) is 7.56. The zero-order valence-electron chi connectivity index (χ0n) is 19.9. The molecule has 1 aliphatic rings. The molecule has 8 heteroatoms. The molecular formula is C30H20Cl2N2O3S. The summed E-state index contributed by atoms with van der Waals surface area (Å²) in [4.78, 5) is 30.2. The maximum Gasteiger partial charge on any atom is 0.270 e. The number of thiocarbonyl (C=S) groups is 1. The summed E-state index contributed by atoms with van der Waals surface area (Å²) in [7, 11) is 0. The quantitative estimate of drug-likeness (QED) is 0.141. The molecule has 1 heterocycles. The number of benzene rings is 4. The predicted octanol–water partition coefficient (Wildman–Crippen LogP) is 7.32. The SMILES string of the molecule is O=C1C(=Cc2ccccc2OCc2ccc(Cl)cc2Cl)C(=O)N(c2ccccc2)C(=S)N1c1ccccc1. The molecule has 0 atom stereocenters. The van der Waals surface area contributed by atoms with Crippen LogP contribution in [0.15, 0.2) is 109 Å². The van der Waals surface area contributed by atoms with Gasteiger partial charge in [0.05, 0.1) is 11.4 Å². The number of halogens is 2. The van der Waals surface area contributed by atoms with Gasteiger partial charge >= 0.3 is 0 Å². The number of carbonyl (C=O) groups excluding carboxylic acids is 2. The molecule has 0 radical (unpaired) electrons. The van der Waals surface area contributed by atoms with Crippen molar-refractivity contribution in [1.82, 2.24) is 0 Å². The van der Waals surface area contributed by atoms with Crippen molar-refractivity contribution in [3.8, 4) is 5.75 Å². The Morgan fingerprint density at radius 3 is 1.87 bits per heavy atom. The number of hydrogen-bond donors (Lipinski definition) is 0. The van der Waals surface area contributed by atoms with Crippen LogP contribution in [0.4, 0.5) is 11.4 Å². The second-order valence-electron chi connectivity index (χ2n) is 8.36. The summed E-state index contributed by atoms with van der Waals surface area (Å²) < 4.78 is 6.05. The summed E-state index contributed by atoms with van der Waals surface area (Å²) in [5, 5.41) is 1.09. The van der Waals surface area contributed by atoms with Crippen molar-refractivity contribution in [2.75, 3.05) is 9.80 Å². The first-order chi connectivity index (χ1) is 18.4. The molecule has 1 saturated heterocycles. The van der Waals surface area contributed by atoms with Gasteiger partial charge in [-0.25, -0.2) is 0 Å². The fourth-order valence-electron chi connectivity index (χ4n) is 4.02. The summed E-state index contributed by atoms with van der Waals surface area (Å²) in [5.74, 6) is -0.555. The van der Waals surface area contributed by atoms with Gasteiger partial charge < -0.3 is 4.74 Å². The van der Waals surface area contributed by atoms with E-state index >= 15 is 0 Å². The number of hydrogen-bond acceptors (Lipinski definition) is 4. The van der Waals surface area contributed by atoms with Crippen LogP contribution >= 0.6 is 35.4 Å². The molecule has 4 aromatic carbocycles. The van der Waals surface area contributed by atoms with E-state index in [-0.39, 0.29) is 17.3 Å². The van der Waals surface area contributed by atoms with Gasteiger partial charge in [-0.15, -0.1) is 0 Å². The van der Waals surface area contributed by atoms with Crippen molar-refractivity contribution in [3.05, 3.63) is 130 Å². The van der Waals surface area contributed by atoms with Gasteiger partial charge in [0.25, 0.3) is 11.8 Å². The zero-order valence-corrected chi connectivity index (χ0v) is 22.2. The standard InChI is InChI=1S/C30H20Cl2N2O3S/c31-22-16-15-21(26(32)18-22)19-37-27-14-8-7-9-20(27)17-25-28(35)33(23-10-3-1-4-11-23)30(38)34(29(25)36)24-12-5-2-6-13-24/h1-18H,19H2. The topological polar surface area (TPSA) is 49.9 Å². The van der Waals surface area contributed by atoms with Crippen molar-refractivity contribution >= 4 is 69.8 Å². The smallest absolute Gasteiger partial charge is 0.270 e. The average Bonchev–Trinajstić information content (AvgIpc) is 2.92. The highest BCUT2D eigenvalue weighted by Crippen LogP contribution is 2.32. The first kappa shape index (κ1) is 25.7. The van der Waals surface area contributed by atoms with Crippen LogP contribution < -0.4 is 14.5 Å². The van der Waals surface area contributed by atoms with Gasteiger partial charge in [0, 0.05) is 21.2 Å². The minimum Gasteiger partial charge on any atom is -0.488 e. The van der Waals surface area contributed by atoms with E-state index in [2.05, 4.69) is 0 Å². The van der Waals surface area contributed by atoms with E-state index in [1.807, 2.05) is 42.5 Å². The molecule has 2 amide bonds. The maximum atomic E-state index is 13.7. The lowest BCUT2D eigenvalue weighted by molar-refractivity contribution is -0.120. The Morgan fingerprint density at radius 1 is 0.737 bits per heavy atom. The lowest BCUT2D eigenvalue weighted by Crippen LogP contribution is -2.56. The molecule has 0 aliphatic carbocycles. The van der Waals surface area contributed by atoms with Crippen LogP contribution in [0.3, 0.4) is 0 Å². The van der Waals surface area contributed by atoms with Crippen LogP contribution in [0.2, 0.25) is 10.0 Å². The Morgan fingerprint density at radius 2 is 1.29 bits per heavy atom. The van der Waals surface area contributed by atoms with Crippen LogP contribution in [0.25, 0.3) is 6.08 Å². The summed E-state index contributed by atoms with van der Waals surface area (Å²) in [6, 6.07) is 30.3. The van der Waals surface area contributed by atoms with E-state index in [1.165, 1.54) is 15.9 Å². The first-order valence-electron chi connectivity index (χ1n) is 11.6. The van der Waals surface area contributed by atoms with E-state index in [4.69, 9.17) is 40.2 Å². The van der Waals surface area contributed by atoms with Gasteiger partial charge in [0.2, 0.25) is 0 Å². The third-order valence-electron chi connectivity index (χ3n) is 5.90. The van der Waals surface area contributed by atoms with Gasteiger partial charge in [-0.05, 0) is 60.8 Å². The molecule has 0 saturated carbocycles. The Bertz CT molecular complexity index is 1500. The fourth-order valence-corrected chi connectivity index (χ4v) is 4.86. The van der Waals surface area contributed by atoms with Gasteiger partial charge in [-0.2, -0.15) is 0 Å². The van der Waals surface area contributed by atoms with E-state index in [9.17, 15) is 9.59 Å². The van der Waals surface area contributed by atoms with E-state index in [1.54, 1.807) is 60.7 Å². The normalized spacial score (nSPS) is 13.6.